The number of rotatable bonds is 4. The van der Waals surface area contributed by atoms with Gasteiger partial charge in [0.25, 0.3) is 5.91 Å². The molecule has 0 aliphatic carbocycles. The van der Waals surface area contributed by atoms with Gasteiger partial charge in [-0.15, -0.1) is 0 Å². The van der Waals surface area contributed by atoms with Crippen LogP contribution in [0.1, 0.15) is 15.9 Å². The van der Waals surface area contributed by atoms with Gasteiger partial charge in [0.1, 0.15) is 0 Å². The first-order valence-corrected chi connectivity index (χ1v) is 6.92. The Morgan fingerprint density at radius 1 is 1.14 bits per heavy atom. The van der Waals surface area contributed by atoms with Crippen LogP contribution in [-0.2, 0) is 11.2 Å². The molecule has 2 aromatic carbocycles. The molecule has 0 fully saturated rings. The van der Waals surface area contributed by atoms with Crippen molar-refractivity contribution < 1.29 is 14.7 Å². The van der Waals surface area contributed by atoms with Crippen LogP contribution >= 0.6 is 15.9 Å². The molecule has 21 heavy (non-hydrogen) atoms. The summed E-state index contributed by atoms with van der Waals surface area (Å²) in [5.41, 5.74) is 7.81. The average molecular weight is 349 g/mol. The maximum atomic E-state index is 12.1. The van der Waals surface area contributed by atoms with Gasteiger partial charge in [-0.05, 0) is 35.9 Å². The van der Waals surface area contributed by atoms with Crippen LogP contribution in [0.25, 0.3) is 0 Å². The van der Waals surface area contributed by atoms with Gasteiger partial charge >= 0.3 is 5.97 Å². The molecule has 0 radical (unpaired) electrons. The number of anilines is 2. The van der Waals surface area contributed by atoms with Crippen LogP contribution < -0.4 is 11.1 Å². The number of carbonyl (C=O) groups is 2. The molecule has 6 heteroatoms. The van der Waals surface area contributed by atoms with Gasteiger partial charge in [-0.2, -0.15) is 0 Å². The van der Waals surface area contributed by atoms with Crippen molar-refractivity contribution in [3.63, 3.8) is 0 Å². The number of nitrogens with one attached hydrogen (secondary N) is 1. The van der Waals surface area contributed by atoms with Gasteiger partial charge < -0.3 is 16.2 Å². The zero-order chi connectivity index (χ0) is 15.4. The Kier molecular flexibility index (Phi) is 4.59. The lowest BCUT2D eigenvalue weighted by molar-refractivity contribution is -0.136. The third-order valence-electron chi connectivity index (χ3n) is 2.83. The van der Waals surface area contributed by atoms with Gasteiger partial charge in [-0.1, -0.05) is 28.1 Å². The topological polar surface area (TPSA) is 92.4 Å². The lowest BCUT2D eigenvalue weighted by atomic mass is 10.1. The van der Waals surface area contributed by atoms with E-state index in [0.29, 0.717) is 22.5 Å². The molecular formula is C15H13BrN2O3. The standard InChI is InChI=1S/C15H13BrN2O3/c16-10-3-6-12(13(17)8-10)15(21)18-11-4-1-9(2-5-11)7-14(19)20/h1-6,8H,7,17H2,(H,18,21)(H,19,20). The molecule has 0 aromatic heterocycles. The molecule has 0 unspecified atom stereocenters. The molecule has 0 aliphatic heterocycles. The Morgan fingerprint density at radius 3 is 2.38 bits per heavy atom. The second-order valence-corrected chi connectivity index (χ2v) is 5.37. The fourth-order valence-corrected chi connectivity index (χ4v) is 2.20. The molecule has 108 valence electrons. The maximum Gasteiger partial charge on any atom is 0.307 e. The lowest BCUT2D eigenvalue weighted by Gasteiger charge is -2.08. The zero-order valence-electron chi connectivity index (χ0n) is 11.0. The highest BCUT2D eigenvalue weighted by molar-refractivity contribution is 9.10. The number of hydrogen-bond acceptors (Lipinski definition) is 3. The van der Waals surface area contributed by atoms with E-state index in [1.54, 1.807) is 42.5 Å². The van der Waals surface area contributed by atoms with Gasteiger partial charge in [0.2, 0.25) is 0 Å². The molecule has 0 bridgehead atoms. The van der Waals surface area contributed by atoms with Crippen molar-refractivity contribution in [1.82, 2.24) is 0 Å². The highest BCUT2D eigenvalue weighted by Crippen LogP contribution is 2.20. The number of halogens is 1. The summed E-state index contributed by atoms with van der Waals surface area (Å²) in [5.74, 6) is -1.21. The molecule has 5 nitrogen and oxygen atoms in total. The monoisotopic (exact) mass is 348 g/mol. The summed E-state index contributed by atoms with van der Waals surface area (Å²) in [6.07, 6.45) is -0.0477. The molecular weight excluding hydrogens is 336 g/mol. The lowest BCUT2D eigenvalue weighted by Crippen LogP contribution is -2.14. The van der Waals surface area contributed by atoms with Crippen molar-refractivity contribution in [3.8, 4) is 0 Å². The summed E-state index contributed by atoms with van der Waals surface area (Å²) in [7, 11) is 0. The SMILES string of the molecule is Nc1cc(Br)ccc1C(=O)Nc1ccc(CC(=O)O)cc1. The molecule has 1 amide bonds. The van der Waals surface area contributed by atoms with Crippen LogP contribution in [0.3, 0.4) is 0 Å². The summed E-state index contributed by atoms with van der Waals surface area (Å²) < 4.78 is 0.801. The Morgan fingerprint density at radius 2 is 1.81 bits per heavy atom. The van der Waals surface area contributed by atoms with Gasteiger partial charge in [0.05, 0.1) is 12.0 Å². The minimum absolute atomic E-state index is 0.0477. The highest BCUT2D eigenvalue weighted by atomic mass is 79.9. The summed E-state index contributed by atoms with van der Waals surface area (Å²) in [4.78, 5) is 22.7. The summed E-state index contributed by atoms with van der Waals surface area (Å²) in [6.45, 7) is 0. The largest absolute Gasteiger partial charge is 0.481 e. The van der Waals surface area contributed by atoms with Crippen LogP contribution in [0, 0.1) is 0 Å². The van der Waals surface area contributed by atoms with Crippen LogP contribution in [-0.4, -0.2) is 17.0 Å². The van der Waals surface area contributed by atoms with Crippen LogP contribution in [0.5, 0.6) is 0 Å². The second kappa shape index (κ2) is 6.41. The Labute approximate surface area is 129 Å². The summed E-state index contributed by atoms with van der Waals surface area (Å²) >= 11 is 3.28. The predicted molar refractivity (Wildman–Crippen MR) is 84.3 cm³/mol. The number of amides is 1. The first-order chi connectivity index (χ1) is 9.95. The van der Waals surface area contributed by atoms with E-state index in [4.69, 9.17) is 10.8 Å². The number of nitrogen functional groups attached to an aromatic ring is 1. The molecule has 0 spiro atoms. The number of carboxylic acids is 1. The molecule has 0 aliphatic rings. The minimum atomic E-state index is -0.894. The number of carboxylic acid groups (broad SMARTS) is 1. The first-order valence-electron chi connectivity index (χ1n) is 6.13. The fraction of sp³-hybridized carbons (Fsp3) is 0.0667. The van der Waals surface area contributed by atoms with Crippen molar-refractivity contribution in [2.75, 3.05) is 11.1 Å². The van der Waals surface area contributed by atoms with Crippen molar-refractivity contribution >= 4 is 39.2 Å². The third kappa shape index (κ3) is 4.06. The minimum Gasteiger partial charge on any atom is -0.481 e. The number of hydrogen-bond donors (Lipinski definition) is 3. The van der Waals surface area contributed by atoms with Crippen molar-refractivity contribution in [2.45, 2.75) is 6.42 Å². The second-order valence-electron chi connectivity index (χ2n) is 4.45. The average Bonchev–Trinajstić information content (AvgIpc) is 2.40. The molecule has 0 saturated carbocycles. The van der Waals surface area contributed by atoms with E-state index in [-0.39, 0.29) is 12.3 Å². The number of benzene rings is 2. The normalized spacial score (nSPS) is 10.1. The number of nitrogens with two attached hydrogens (primary N) is 1. The highest BCUT2D eigenvalue weighted by Gasteiger charge is 2.10. The van der Waals surface area contributed by atoms with E-state index in [2.05, 4.69) is 21.2 Å². The molecule has 0 atom stereocenters. The molecule has 2 rings (SSSR count). The zero-order valence-corrected chi connectivity index (χ0v) is 12.6. The van der Waals surface area contributed by atoms with Crippen molar-refractivity contribution in [1.29, 1.82) is 0 Å². The van der Waals surface area contributed by atoms with Crippen LogP contribution in [0.2, 0.25) is 0 Å². The fourth-order valence-electron chi connectivity index (χ4n) is 1.82. The number of carbonyl (C=O) groups excluding carboxylic acids is 1. The van der Waals surface area contributed by atoms with Gasteiger partial charge in [-0.3, -0.25) is 9.59 Å². The first kappa shape index (κ1) is 15.1. The van der Waals surface area contributed by atoms with E-state index in [1.807, 2.05) is 0 Å². The van der Waals surface area contributed by atoms with E-state index in [0.717, 1.165) is 4.47 Å². The Balaban J connectivity index is 2.10. The van der Waals surface area contributed by atoms with E-state index in [9.17, 15) is 9.59 Å². The molecule has 4 N–H and O–H groups in total. The summed E-state index contributed by atoms with van der Waals surface area (Å²) in [5, 5.41) is 11.4. The predicted octanol–water partition coefficient (Wildman–Crippen LogP) is 2.91. The quantitative estimate of drug-likeness (QED) is 0.740. The Hall–Kier alpha value is -2.34. The van der Waals surface area contributed by atoms with Gasteiger partial charge in [0, 0.05) is 15.8 Å². The van der Waals surface area contributed by atoms with E-state index < -0.39 is 5.97 Å². The summed E-state index contributed by atoms with van der Waals surface area (Å²) in [6, 6.07) is 11.7. The van der Waals surface area contributed by atoms with Crippen LogP contribution in [0.15, 0.2) is 46.9 Å². The van der Waals surface area contributed by atoms with Gasteiger partial charge in [-0.25, -0.2) is 0 Å². The van der Waals surface area contributed by atoms with E-state index in [1.165, 1.54) is 0 Å². The van der Waals surface area contributed by atoms with Crippen molar-refractivity contribution in [3.05, 3.63) is 58.1 Å². The Bertz CT molecular complexity index is 684. The third-order valence-corrected chi connectivity index (χ3v) is 3.32. The molecule has 0 saturated heterocycles. The van der Waals surface area contributed by atoms with Crippen molar-refractivity contribution in [2.24, 2.45) is 0 Å². The smallest absolute Gasteiger partial charge is 0.307 e. The van der Waals surface area contributed by atoms with E-state index >= 15 is 0 Å². The van der Waals surface area contributed by atoms with Gasteiger partial charge in [0.15, 0.2) is 0 Å². The number of aliphatic carboxylic acids is 1. The molecule has 2 aromatic rings. The maximum absolute atomic E-state index is 12.1. The molecule has 0 heterocycles. The van der Waals surface area contributed by atoms with Crippen LogP contribution in [0.4, 0.5) is 11.4 Å².